The topological polar surface area (TPSA) is 12.5 Å². The summed E-state index contributed by atoms with van der Waals surface area (Å²) in [6.45, 7) is 7.74. The minimum atomic E-state index is 0.287. The maximum atomic E-state index is 5.28. The molecule has 0 bridgehead atoms. The summed E-state index contributed by atoms with van der Waals surface area (Å²) in [4.78, 5) is 0. The summed E-state index contributed by atoms with van der Waals surface area (Å²) >= 11 is 0. The molecule has 1 aliphatic rings. The molecule has 1 fully saturated rings. The van der Waals surface area contributed by atoms with Crippen molar-refractivity contribution in [2.45, 2.75) is 45.6 Å². The first-order valence-corrected chi connectivity index (χ1v) is 4.26. The summed E-state index contributed by atoms with van der Waals surface area (Å²) in [6.07, 6.45) is 3.93. The molecular formula is C9H18O. The Kier molecular flexibility index (Phi) is 2.35. The Bertz CT molecular complexity index is 103. The summed E-state index contributed by atoms with van der Waals surface area (Å²) in [7, 11) is 0. The van der Waals surface area contributed by atoms with Crippen molar-refractivity contribution in [2.75, 3.05) is 6.61 Å². The highest BCUT2D eigenvalue weighted by molar-refractivity contribution is 4.86. The lowest BCUT2D eigenvalue weighted by Crippen LogP contribution is -2.03. The number of ether oxygens (including phenoxy) is 1. The van der Waals surface area contributed by atoms with Crippen molar-refractivity contribution in [1.82, 2.24) is 0 Å². The quantitative estimate of drug-likeness (QED) is 0.550. The van der Waals surface area contributed by atoms with Crippen LogP contribution in [0.1, 0.15) is 40.0 Å². The van der Waals surface area contributed by atoms with Crippen molar-refractivity contribution in [3.63, 3.8) is 0 Å². The third kappa shape index (κ3) is 2.70. The summed E-state index contributed by atoms with van der Waals surface area (Å²) in [5.74, 6) is 0.849. The van der Waals surface area contributed by atoms with Crippen LogP contribution in [0, 0.1) is 5.92 Å². The van der Waals surface area contributed by atoms with Crippen LogP contribution in [0.4, 0.5) is 0 Å². The zero-order chi connectivity index (χ0) is 7.61. The highest BCUT2D eigenvalue weighted by atomic mass is 16.6. The Morgan fingerprint density at radius 3 is 2.50 bits per heavy atom. The number of epoxide rings is 1. The van der Waals surface area contributed by atoms with E-state index in [1.807, 2.05) is 0 Å². The average Bonchev–Trinajstić information content (AvgIpc) is 2.47. The van der Waals surface area contributed by atoms with Crippen LogP contribution in [-0.2, 0) is 4.74 Å². The van der Waals surface area contributed by atoms with E-state index in [-0.39, 0.29) is 5.60 Å². The van der Waals surface area contributed by atoms with E-state index in [1.165, 1.54) is 19.3 Å². The molecule has 1 unspecified atom stereocenters. The third-order valence-corrected chi connectivity index (χ3v) is 2.12. The molecule has 0 amide bonds. The Morgan fingerprint density at radius 1 is 1.50 bits per heavy atom. The van der Waals surface area contributed by atoms with Crippen molar-refractivity contribution in [1.29, 1.82) is 0 Å². The smallest absolute Gasteiger partial charge is 0.0888 e. The number of rotatable bonds is 4. The van der Waals surface area contributed by atoms with E-state index in [2.05, 4.69) is 20.8 Å². The maximum Gasteiger partial charge on any atom is 0.0888 e. The fourth-order valence-electron chi connectivity index (χ4n) is 1.15. The number of hydrogen-bond donors (Lipinski definition) is 0. The molecule has 1 heterocycles. The largest absolute Gasteiger partial charge is 0.370 e. The second kappa shape index (κ2) is 2.91. The maximum absolute atomic E-state index is 5.28. The van der Waals surface area contributed by atoms with Gasteiger partial charge >= 0.3 is 0 Å². The minimum absolute atomic E-state index is 0.287. The predicted molar refractivity (Wildman–Crippen MR) is 43.0 cm³/mol. The van der Waals surface area contributed by atoms with Crippen molar-refractivity contribution < 1.29 is 4.74 Å². The van der Waals surface area contributed by atoms with E-state index in [0.29, 0.717) is 0 Å². The molecule has 0 spiro atoms. The molecule has 60 valence electrons. The Hall–Kier alpha value is -0.0400. The van der Waals surface area contributed by atoms with Gasteiger partial charge in [0.2, 0.25) is 0 Å². The lowest BCUT2D eigenvalue weighted by atomic mass is 10.0. The monoisotopic (exact) mass is 142 g/mol. The Labute approximate surface area is 63.8 Å². The van der Waals surface area contributed by atoms with Gasteiger partial charge in [-0.2, -0.15) is 0 Å². The van der Waals surface area contributed by atoms with Crippen LogP contribution >= 0.6 is 0 Å². The molecule has 0 aliphatic carbocycles. The summed E-state index contributed by atoms with van der Waals surface area (Å²) in [5, 5.41) is 0. The van der Waals surface area contributed by atoms with Gasteiger partial charge in [0.15, 0.2) is 0 Å². The zero-order valence-electron chi connectivity index (χ0n) is 7.31. The van der Waals surface area contributed by atoms with Crippen LogP contribution in [0.3, 0.4) is 0 Å². The Morgan fingerprint density at radius 2 is 2.10 bits per heavy atom. The molecule has 10 heavy (non-hydrogen) atoms. The molecule has 1 nitrogen and oxygen atoms in total. The van der Waals surface area contributed by atoms with E-state index >= 15 is 0 Å². The SMILES string of the molecule is CC(C)CCCC1(C)CO1. The molecule has 1 aliphatic heterocycles. The van der Waals surface area contributed by atoms with Crippen LogP contribution in [0.25, 0.3) is 0 Å². The molecule has 0 saturated carbocycles. The van der Waals surface area contributed by atoms with E-state index in [1.54, 1.807) is 0 Å². The highest BCUT2D eigenvalue weighted by Crippen LogP contribution is 2.32. The van der Waals surface area contributed by atoms with E-state index in [9.17, 15) is 0 Å². The molecule has 0 radical (unpaired) electrons. The van der Waals surface area contributed by atoms with Crippen LogP contribution in [0.5, 0.6) is 0 Å². The Balaban J connectivity index is 1.95. The predicted octanol–water partition coefficient (Wildman–Crippen LogP) is 2.60. The fraction of sp³-hybridized carbons (Fsp3) is 1.00. The van der Waals surface area contributed by atoms with E-state index in [0.717, 1.165) is 12.5 Å². The molecule has 0 aromatic carbocycles. The highest BCUT2D eigenvalue weighted by Gasteiger charge is 2.37. The average molecular weight is 142 g/mol. The van der Waals surface area contributed by atoms with Crippen molar-refractivity contribution >= 4 is 0 Å². The van der Waals surface area contributed by atoms with E-state index in [4.69, 9.17) is 4.74 Å². The van der Waals surface area contributed by atoms with E-state index < -0.39 is 0 Å². The van der Waals surface area contributed by atoms with Crippen LogP contribution < -0.4 is 0 Å². The van der Waals surface area contributed by atoms with Gasteiger partial charge < -0.3 is 4.74 Å². The van der Waals surface area contributed by atoms with Gasteiger partial charge in [-0.25, -0.2) is 0 Å². The molecular weight excluding hydrogens is 124 g/mol. The van der Waals surface area contributed by atoms with Gasteiger partial charge in [-0.15, -0.1) is 0 Å². The van der Waals surface area contributed by atoms with Gasteiger partial charge in [0.25, 0.3) is 0 Å². The van der Waals surface area contributed by atoms with Crippen LogP contribution in [0.15, 0.2) is 0 Å². The van der Waals surface area contributed by atoms with Gasteiger partial charge in [-0.05, 0) is 19.3 Å². The fourth-order valence-corrected chi connectivity index (χ4v) is 1.15. The molecule has 0 aromatic rings. The molecule has 0 N–H and O–H groups in total. The summed E-state index contributed by atoms with van der Waals surface area (Å²) < 4.78 is 5.28. The molecule has 1 saturated heterocycles. The normalized spacial score (nSPS) is 31.2. The third-order valence-electron chi connectivity index (χ3n) is 2.12. The zero-order valence-corrected chi connectivity index (χ0v) is 7.31. The van der Waals surface area contributed by atoms with Gasteiger partial charge in [0.05, 0.1) is 12.2 Å². The molecule has 1 heteroatoms. The lowest BCUT2D eigenvalue weighted by Gasteiger charge is -2.06. The molecule has 1 atom stereocenters. The number of hydrogen-bond acceptors (Lipinski definition) is 1. The second-order valence-corrected chi connectivity index (χ2v) is 4.02. The summed E-state index contributed by atoms with van der Waals surface area (Å²) in [6, 6.07) is 0. The molecule has 1 rings (SSSR count). The standard InChI is InChI=1S/C9H18O/c1-8(2)5-4-6-9(3)7-10-9/h8H,4-7H2,1-3H3. The minimum Gasteiger partial charge on any atom is -0.370 e. The first-order chi connectivity index (χ1) is 4.62. The van der Waals surface area contributed by atoms with Crippen LogP contribution in [0.2, 0.25) is 0 Å². The first-order valence-electron chi connectivity index (χ1n) is 4.26. The van der Waals surface area contributed by atoms with Gasteiger partial charge in [-0.1, -0.05) is 26.7 Å². The van der Waals surface area contributed by atoms with Crippen molar-refractivity contribution in [3.05, 3.63) is 0 Å². The van der Waals surface area contributed by atoms with Gasteiger partial charge in [0, 0.05) is 0 Å². The van der Waals surface area contributed by atoms with Gasteiger partial charge in [0.1, 0.15) is 0 Å². The van der Waals surface area contributed by atoms with Crippen molar-refractivity contribution in [3.8, 4) is 0 Å². The molecule has 0 aromatic heterocycles. The van der Waals surface area contributed by atoms with Crippen molar-refractivity contribution in [2.24, 2.45) is 5.92 Å². The van der Waals surface area contributed by atoms with Gasteiger partial charge in [-0.3, -0.25) is 0 Å². The lowest BCUT2D eigenvalue weighted by molar-refractivity contribution is 0.298. The second-order valence-electron chi connectivity index (χ2n) is 4.02. The van der Waals surface area contributed by atoms with Crippen LogP contribution in [-0.4, -0.2) is 12.2 Å². The first kappa shape index (κ1) is 8.06. The summed E-state index contributed by atoms with van der Waals surface area (Å²) in [5.41, 5.74) is 0.287.